The van der Waals surface area contributed by atoms with E-state index in [1.54, 1.807) is 6.33 Å². The van der Waals surface area contributed by atoms with Crippen molar-refractivity contribution in [1.29, 1.82) is 0 Å². The quantitative estimate of drug-likeness (QED) is 0.878. The summed E-state index contributed by atoms with van der Waals surface area (Å²) >= 11 is 0. The number of aryl methyl sites for hydroxylation is 1. The van der Waals surface area contributed by atoms with Crippen LogP contribution in [0.5, 0.6) is 0 Å². The molecule has 1 fully saturated rings. The van der Waals surface area contributed by atoms with Crippen LogP contribution in [-0.4, -0.2) is 45.2 Å². The second-order valence-electron chi connectivity index (χ2n) is 6.88. The van der Waals surface area contributed by atoms with E-state index in [9.17, 15) is 4.79 Å². The number of aromatic nitrogens is 3. The van der Waals surface area contributed by atoms with Gasteiger partial charge in [-0.2, -0.15) is 5.10 Å². The highest BCUT2D eigenvalue weighted by molar-refractivity contribution is 5.74. The Labute approximate surface area is 149 Å². The Morgan fingerprint density at radius 3 is 2.64 bits per heavy atom. The second-order valence-corrected chi connectivity index (χ2v) is 6.88. The molecule has 1 aliphatic heterocycles. The first-order chi connectivity index (χ1) is 12.2. The van der Waals surface area contributed by atoms with Crippen LogP contribution in [0, 0.1) is 6.92 Å². The van der Waals surface area contributed by atoms with E-state index in [0.29, 0.717) is 5.92 Å². The molecular weight excluding hydrogens is 314 g/mol. The van der Waals surface area contributed by atoms with E-state index < -0.39 is 0 Å². The summed E-state index contributed by atoms with van der Waals surface area (Å²) in [5, 5.41) is 10.1. The molecule has 25 heavy (non-hydrogen) atoms. The molecule has 0 saturated carbocycles. The van der Waals surface area contributed by atoms with Crippen LogP contribution in [0.1, 0.15) is 49.1 Å². The van der Waals surface area contributed by atoms with E-state index in [2.05, 4.69) is 58.6 Å². The van der Waals surface area contributed by atoms with E-state index in [-0.39, 0.29) is 12.1 Å². The van der Waals surface area contributed by atoms with Crippen LogP contribution in [0.15, 0.2) is 30.6 Å². The maximum Gasteiger partial charge on any atom is 0.317 e. The number of rotatable bonds is 5. The van der Waals surface area contributed by atoms with Gasteiger partial charge >= 0.3 is 6.03 Å². The number of benzene rings is 1. The van der Waals surface area contributed by atoms with Gasteiger partial charge in [-0.25, -0.2) is 9.78 Å². The third kappa shape index (κ3) is 4.59. The molecule has 0 unspecified atom stereocenters. The van der Waals surface area contributed by atoms with Gasteiger partial charge in [0, 0.05) is 25.0 Å². The fourth-order valence-electron chi connectivity index (χ4n) is 3.34. The largest absolute Gasteiger partial charge is 0.335 e. The third-order valence-corrected chi connectivity index (χ3v) is 5.03. The summed E-state index contributed by atoms with van der Waals surface area (Å²) < 4.78 is 0. The minimum atomic E-state index is 0.0509. The van der Waals surface area contributed by atoms with Crippen LogP contribution >= 0.6 is 0 Å². The summed E-state index contributed by atoms with van der Waals surface area (Å²) in [5.74, 6) is 1.31. The van der Waals surface area contributed by atoms with Gasteiger partial charge in [0.15, 0.2) is 0 Å². The molecule has 0 radical (unpaired) electrons. The minimum absolute atomic E-state index is 0.0509. The van der Waals surface area contributed by atoms with Gasteiger partial charge in [0.05, 0.1) is 0 Å². The third-order valence-electron chi connectivity index (χ3n) is 5.03. The number of hydrogen-bond donors (Lipinski definition) is 2. The van der Waals surface area contributed by atoms with Crippen molar-refractivity contribution in [3.05, 3.63) is 47.5 Å². The topological polar surface area (TPSA) is 73.9 Å². The van der Waals surface area contributed by atoms with Crippen molar-refractivity contribution in [1.82, 2.24) is 25.4 Å². The summed E-state index contributed by atoms with van der Waals surface area (Å²) in [4.78, 5) is 18.7. The van der Waals surface area contributed by atoms with Crippen molar-refractivity contribution in [2.45, 2.75) is 51.5 Å². The van der Waals surface area contributed by atoms with E-state index in [4.69, 9.17) is 0 Å². The van der Waals surface area contributed by atoms with E-state index in [1.807, 2.05) is 4.90 Å². The number of likely N-dealkylation sites (tertiary alicyclic amines) is 1. The normalized spacial score (nSPS) is 16.6. The van der Waals surface area contributed by atoms with Gasteiger partial charge in [0.1, 0.15) is 12.2 Å². The Balaban J connectivity index is 1.50. The zero-order valence-corrected chi connectivity index (χ0v) is 15.0. The molecule has 1 aromatic heterocycles. The second kappa shape index (κ2) is 8.14. The highest BCUT2D eigenvalue weighted by Crippen LogP contribution is 2.25. The Morgan fingerprint density at radius 2 is 2.04 bits per heavy atom. The van der Waals surface area contributed by atoms with Gasteiger partial charge in [0.2, 0.25) is 0 Å². The molecule has 1 aliphatic rings. The summed E-state index contributed by atoms with van der Waals surface area (Å²) in [7, 11) is 0. The first kappa shape index (κ1) is 17.5. The van der Waals surface area contributed by atoms with Gasteiger partial charge in [-0.15, -0.1) is 0 Å². The van der Waals surface area contributed by atoms with Crippen molar-refractivity contribution in [3.8, 4) is 0 Å². The predicted octanol–water partition coefficient (Wildman–Crippen LogP) is 3.02. The number of H-pyrrole nitrogens is 1. The smallest absolute Gasteiger partial charge is 0.317 e. The molecule has 2 heterocycles. The van der Waals surface area contributed by atoms with Crippen LogP contribution in [0.3, 0.4) is 0 Å². The molecule has 2 aromatic rings. The predicted molar refractivity (Wildman–Crippen MR) is 97.4 cm³/mol. The molecule has 2 N–H and O–H groups in total. The lowest BCUT2D eigenvalue weighted by Gasteiger charge is -2.32. The molecule has 1 aromatic carbocycles. The van der Waals surface area contributed by atoms with Gasteiger partial charge in [-0.05, 0) is 38.2 Å². The maximum absolute atomic E-state index is 12.6. The molecule has 0 aliphatic carbocycles. The average molecular weight is 341 g/mol. The molecule has 0 spiro atoms. The molecular formula is C19H27N5O. The van der Waals surface area contributed by atoms with Gasteiger partial charge < -0.3 is 10.2 Å². The number of carbonyl (C=O) groups excluding carboxylic acids is 1. The molecule has 2 amide bonds. The maximum atomic E-state index is 12.6. The van der Waals surface area contributed by atoms with E-state index >= 15 is 0 Å². The van der Waals surface area contributed by atoms with Crippen LogP contribution in [0.25, 0.3) is 0 Å². The Hall–Kier alpha value is -2.37. The van der Waals surface area contributed by atoms with Crippen LogP contribution in [-0.2, 0) is 6.42 Å². The van der Waals surface area contributed by atoms with Crippen molar-refractivity contribution in [2.75, 3.05) is 13.1 Å². The fourth-order valence-corrected chi connectivity index (χ4v) is 3.34. The molecule has 1 atom stereocenters. The number of aromatic amines is 1. The fraction of sp³-hybridized carbons (Fsp3) is 0.526. The van der Waals surface area contributed by atoms with Gasteiger partial charge in [-0.3, -0.25) is 5.10 Å². The van der Waals surface area contributed by atoms with E-state index in [1.165, 1.54) is 11.1 Å². The van der Waals surface area contributed by atoms with Crippen molar-refractivity contribution in [3.63, 3.8) is 0 Å². The zero-order valence-electron chi connectivity index (χ0n) is 15.0. The van der Waals surface area contributed by atoms with Gasteiger partial charge in [-0.1, -0.05) is 36.8 Å². The molecule has 3 rings (SSSR count). The van der Waals surface area contributed by atoms with E-state index in [0.717, 1.165) is 44.6 Å². The van der Waals surface area contributed by atoms with Crippen molar-refractivity contribution >= 4 is 6.03 Å². The molecule has 6 nitrogen and oxygen atoms in total. The van der Waals surface area contributed by atoms with Crippen LogP contribution in [0.2, 0.25) is 0 Å². The number of piperidine rings is 1. The van der Waals surface area contributed by atoms with Gasteiger partial charge in [0.25, 0.3) is 0 Å². The number of nitrogens with one attached hydrogen (secondary N) is 2. The molecule has 6 heteroatoms. The summed E-state index contributed by atoms with van der Waals surface area (Å²) in [6.07, 6.45) is 5.20. The number of urea groups is 1. The van der Waals surface area contributed by atoms with Crippen molar-refractivity contribution < 1.29 is 4.79 Å². The Kier molecular flexibility index (Phi) is 5.68. The average Bonchev–Trinajstić information content (AvgIpc) is 3.17. The Bertz CT molecular complexity index is 660. The summed E-state index contributed by atoms with van der Waals surface area (Å²) in [6, 6.07) is 8.76. The highest BCUT2D eigenvalue weighted by atomic mass is 16.2. The Morgan fingerprint density at radius 1 is 1.32 bits per heavy atom. The lowest BCUT2D eigenvalue weighted by atomic mass is 9.96. The number of hydrogen-bond acceptors (Lipinski definition) is 3. The monoisotopic (exact) mass is 341 g/mol. The first-order valence-corrected chi connectivity index (χ1v) is 9.12. The molecule has 134 valence electrons. The molecule has 1 saturated heterocycles. The summed E-state index contributed by atoms with van der Waals surface area (Å²) in [6.45, 7) is 5.73. The highest BCUT2D eigenvalue weighted by Gasteiger charge is 2.26. The van der Waals surface area contributed by atoms with Crippen LogP contribution in [0.4, 0.5) is 4.79 Å². The number of carbonyl (C=O) groups is 1. The van der Waals surface area contributed by atoms with Crippen molar-refractivity contribution in [2.24, 2.45) is 0 Å². The standard InChI is InChI=1S/C19H27N5O/c1-3-17(12-15-6-4-14(2)5-7-15)22-19(25)24-10-8-16(9-11-24)18-20-13-21-23-18/h4-7,13,16-17H,3,8-12H2,1-2H3,(H,22,25)(H,20,21,23)/t17-/m0/s1. The number of nitrogens with zero attached hydrogens (tertiary/aromatic N) is 3. The SMILES string of the molecule is CC[C@@H](Cc1ccc(C)cc1)NC(=O)N1CCC(c2ncn[nH]2)CC1. The van der Waals surface area contributed by atoms with Crippen LogP contribution < -0.4 is 5.32 Å². The summed E-state index contributed by atoms with van der Waals surface area (Å²) in [5.41, 5.74) is 2.53. The zero-order chi connectivity index (χ0) is 17.6. The minimum Gasteiger partial charge on any atom is -0.335 e. The first-order valence-electron chi connectivity index (χ1n) is 9.12. The molecule has 0 bridgehead atoms. The number of amides is 2. The lowest BCUT2D eigenvalue weighted by molar-refractivity contribution is 0.176. The lowest BCUT2D eigenvalue weighted by Crippen LogP contribution is -2.48.